The fourth-order valence-corrected chi connectivity index (χ4v) is 4.03. The molecular weight excluding hydrogens is 406 g/mol. The summed E-state index contributed by atoms with van der Waals surface area (Å²) in [6.45, 7) is 10.0. The highest BCUT2D eigenvalue weighted by Crippen LogP contribution is 2.26. The molecule has 0 heterocycles. The summed E-state index contributed by atoms with van der Waals surface area (Å²) in [6.07, 6.45) is 13.6. The molecule has 2 aromatic carbocycles. The summed E-state index contributed by atoms with van der Waals surface area (Å²) in [5.41, 5.74) is 3.99. The fourth-order valence-electron chi connectivity index (χ4n) is 4.03. The van der Waals surface area contributed by atoms with E-state index in [1.807, 2.05) is 0 Å². The van der Waals surface area contributed by atoms with Crippen LogP contribution in [0.1, 0.15) is 94.7 Å². The molecule has 1 N–H and O–H groups in total. The number of benzene rings is 2. The number of ether oxygens (including phenoxy) is 2. The molecule has 0 saturated carbocycles. The van der Waals surface area contributed by atoms with Crippen molar-refractivity contribution in [3.05, 3.63) is 59.2 Å². The van der Waals surface area contributed by atoms with E-state index in [0.29, 0.717) is 0 Å². The van der Waals surface area contributed by atoms with E-state index in [0.717, 1.165) is 57.1 Å². The van der Waals surface area contributed by atoms with Gasteiger partial charge in [-0.3, -0.25) is 0 Å². The average molecular weight is 454 g/mol. The molecule has 0 fully saturated rings. The molecule has 184 valence electrons. The van der Waals surface area contributed by atoms with E-state index in [1.165, 1.54) is 68.1 Å². The Morgan fingerprint density at radius 2 is 1.36 bits per heavy atom. The third-order valence-electron chi connectivity index (χ3n) is 6.21. The summed E-state index contributed by atoms with van der Waals surface area (Å²) in [5.74, 6) is 1.90. The van der Waals surface area contributed by atoms with Crippen LogP contribution in [-0.4, -0.2) is 19.8 Å². The SMILES string of the molecule is CCCCCCCOc1ccc(CNCCc2ccccc2C)c(OCCCCCCC)c1. The molecule has 0 aliphatic rings. The zero-order valence-electron chi connectivity index (χ0n) is 21.5. The highest BCUT2D eigenvalue weighted by molar-refractivity contribution is 5.40. The molecule has 0 unspecified atom stereocenters. The Hall–Kier alpha value is -2.00. The molecule has 0 amide bonds. The van der Waals surface area contributed by atoms with Gasteiger partial charge in [0, 0.05) is 18.2 Å². The lowest BCUT2D eigenvalue weighted by Crippen LogP contribution is -2.18. The molecule has 3 nitrogen and oxygen atoms in total. The maximum atomic E-state index is 6.23. The van der Waals surface area contributed by atoms with E-state index >= 15 is 0 Å². The van der Waals surface area contributed by atoms with Gasteiger partial charge in [0.2, 0.25) is 0 Å². The Morgan fingerprint density at radius 1 is 0.697 bits per heavy atom. The first kappa shape index (κ1) is 27.2. The van der Waals surface area contributed by atoms with Crippen LogP contribution in [0.3, 0.4) is 0 Å². The second-order valence-corrected chi connectivity index (χ2v) is 9.15. The maximum absolute atomic E-state index is 6.23. The number of hydrogen-bond donors (Lipinski definition) is 1. The smallest absolute Gasteiger partial charge is 0.127 e. The van der Waals surface area contributed by atoms with Gasteiger partial charge >= 0.3 is 0 Å². The molecule has 2 rings (SSSR count). The van der Waals surface area contributed by atoms with Crippen molar-refractivity contribution in [1.29, 1.82) is 0 Å². The predicted octanol–water partition coefficient (Wildman–Crippen LogP) is 8.03. The van der Waals surface area contributed by atoms with E-state index in [9.17, 15) is 0 Å². The lowest BCUT2D eigenvalue weighted by Gasteiger charge is -2.15. The van der Waals surface area contributed by atoms with Gasteiger partial charge in [-0.2, -0.15) is 0 Å². The van der Waals surface area contributed by atoms with Gasteiger partial charge in [-0.15, -0.1) is 0 Å². The lowest BCUT2D eigenvalue weighted by atomic mass is 10.1. The van der Waals surface area contributed by atoms with Crippen molar-refractivity contribution in [3.8, 4) is 11.5 Å². The molecule has 0 aliphatic heterocycles. The molecule has 2 aromatic rings. The van der Waals surface area contributed by atoms with Crippen molar-refractivity contribution in [3.63, 3.8) is 0 Å². The van der Waals surface area contributed by atoms with E-state index in [-0.39, 0.29) is 0 Å². The molecule has 0 radical (unpaired) electrons. The van der Waals surface area contributed by atoms with E-state index in [1.54, 1.807) is 0 Å². The normalized spacial score (nSPS) is 11.0. The van der Waals surface area contributed by atoms with Crippen LogP contribution in [0.15, 0.2) is 42.5 Å². The van der Waals surface area contributed by atoms with Crippen molar-refractivity contribution >= 4 is 0 Å². The van der Waals surface area contributed by atoms with Crippen LogP contribution in [-0.2, 0) is 13.0 Å². The van der Waals surface area contributed by atoms with Crippen molar-refractivity contribution in [2.45, 2.75) is 97.9 Å². The second kappa shape index (κ2) is 17.5. The number of unbranched alkanes of at least 4 members (excludes halogenated alkanes) is 8. The Bertz CT molecular complexity index is 759. The number of rotatable bonds is 19. The Labute approximate surface area is 203 Å². The van der Waals surface area contributed by atoms with Crippen molar-refractivity contribution in [2.24, 2.45) is 0 Å². The highest BCUT2D eigenvalue weighted by Gasteiger charge is 2.07. The first-order valence-electron chi connectivity index (χ1n) is 13.4. The molecule has 0 saturated heterocycles. The molecular formula is C30H47NO2. The summed E-state index contributed by atoms with van der Waals surface area (Å²) >= 11 is 0. The molecule has 0 aromatic heterocycles. The van der Waals surface area contributed by atoms with Gasteiger partial charge in [-0.25, -0.2) is 0 Å². The van der Waals surface area contributed by atoms with Crippen LogP contribution >= 0.6 is 0 Å². The number of aryl methyl sites for hydroxylation is 1. The van der Waals surface area contributed by atoms with E-state index < -0.39 is 0 Å². The quantitative estimate of drug-likeness (QED) is 0.218. The average Bonchev–Trinajstić information content (AvgIpc) is 2.83. The second-order valence-electron chi connectivity index (χ2n) is 9.15. The minimum Gasteiger partial charge on any atom is -0.493 e. The third kappa shape index (κ3) is 11.6. The zero-order chi connectivity index (χ0) is 23.6. The largest absolute Gasteiger partial charge is 0.493 e. The van der Waals surface area contributed by atoms with Gasteiger partial charge in [-0.1, -0.05) is 95.5 Å². The van der Waals surface area contributed by atoms with Crippen LogP contribution in [0.5, 0.6) is 11.5 Å². The molecule has 33 heavy (non-hydrogen) atoms. The van der Waals surface area contributed by atoms with E-state index in [4.69, 9.17) is 9.47 Å². The van der Waals surface area contributed by atoms with Gasteiger partial charge in [0.15, 0.2) is 0 Å². The van der Waals surface area contributed by atoms with Crippen LogP contribution < -0.4 is 14.8 Å². The van der Waals surface area contributed by atoms with Crippen LogP contribution in [0.2, 0.25) is 0 Å². The molecule has 0 atom stereocenters. The van der Waals surface area contributed by atoms with Crippen molar-refractivity contribution in [1.82, 2.24) is 5.32 Å². The summed E-state index contributed by atoms with van der Waals surface area (Å²) in [5, 5.41) is 3.61. The predicted molar refractivity (Wildman–Crippen MR) is 142 cm³/mol. The summed E-state index contributed by atoms with van der Waals surface area (Å²) in [7, 11) is 0. The lowest BCUT2D eigenvalue weighted by molar-refractivity contribution is 0.287. The summed E-state index contributed by atoms with van der Waals surface area (Å²) in [4.78, 5) is 0. The van der Waals surface area contributed by atoms with Crippen LogP contribution in [0, 0.1) is 6.92 Å². The minimum absolute atomic E-state index is 0.778. The Kier molecular flexibility index (Phi) is 14.4. The van der Waals surface area contributed by atoms with Gasteiger partial charge in [0.1, 0.15) is 11.5 Å². The zero-order valence-corrected chi connectivity index (χ0v) is 21.5. The Morgan fingerprint density at radius 3 is 2.06 bits per heavy atom. The summed E-state index contributed by atoms with van der Waals surface area (Å²) in [6, 6.07) is 15.0. The molecule has 0 spiro atoms. The monoisotopic (exact) mass is 453 g/mol. The van der Waals surface area contributed by atoms with Gasteiger partial charge < -0.3 is 14.8 Å². The summed E-state index contributed by atoms with van der Waals surface area (Å²) < 4.78 is 12.3. The van der Waals surface area contributed by atoms with Gasteiger partial charge in [0.05, 0.1) is 13.2 Å². The first-order valence-corrected chi connectivity index (χ1v) is 13.4. The topological polar surface area (TPSA) is 30.5 Å². The molecule has 0 bridgehead atoms. The van der Waals surface area contributed by atoms with Gasteiger partial charge in [0.25, 0.3) is 0 Å². The third-order valence-corrected chi connectivity index (χ3v) is 6.21. The molecule has 3 heteroatoms. The standard InChI is InChI=1S/C30H47NO2/c1-4-6-8-10-14-22-32-29-19-18-28(30(24-29)33-23-15-11-9-7-5-2)25-31-21-20-27-17-13-12-16-26(27)3/h12-13,16-19,24,31H,4-11,14-15,20-23,25H2,1-3H3. The van der Waals surface area contributed by atoms with E-state index in [2.05, 4.69) is 68.6 Å². The number of nitrogens with one attached hydrogen (secondary N) is 1. The van der Waals surface area contributed by atoms with Gasteiger partial charge in [-0.05, 0) is 49.9 Å². The van der Waals surface area contributed by atoms with Crippen molar-refractivity contribution < 1.29 is 9.47 Å². The number of hydrogen-bond acceptors (Lipinski definition) is 3. The Balaban J connectivity index is 1.85. The molecule has 0 aliphatic carbocycles. The fraction of sp³-hybridized carbons (Fsp3) is 0.600. The van der Waals surface area contributed by atoms with Crippen molar-refractivity contribution in [2.75, 3.05) is 19.8 Å². The first-order chi connectivity index (χ1) is 16.2. The minimum atomic E-state index is 0.778. The maximum Gasteiger partial charge on any atom is 0.127 e. The highest BCUT2D eigenvalue weighted by atomic mass is 16.5. The van der Waals surface area contributed by atoms with Crippen LogP contribution in [0.25, 0.3) is 0 Å². The van der Waals surface area contributed by atoms with Crippen LogP contribution in [0.4, 0.5) is 0 Å².